The summed E-state index contributed by atoms with van der Waals surface area (Å²) >= 11 is 0. The van der Waals surface area contributed by atoms with E-state index < -0.39 is 0 Å². The van der Waals surface area contributed by atoms with E-state index in [4.69, 9.17) is 5.26 Å². The van der Waals surface area contributed by atoms with Crippen molar-refractivity contribution in [3.63, 3.8) is 0 Å². The fourth-order valence-electron chi connectivity index (χ4n) is 5.05. The summed E-state index contributed by atoms with van der Waals surface area (Å²) in [5.41, 5.74) is 0. The van der Waals surface area contributed by atoms with Crippen LogP contribution < -0.4 is 0 Å². The van der Waals surface area contributed by atoms with Gasteiger partial charge in [-0.05, 0) is 82.0 Å². The average Bonchev–Trinajstić information content (AvgIpc) is 2.69. The molecule has 0 amide bonds. The highest BCUT2D eigenvalue weighted by molar-refractivity contribution is 4.91. The molecule has 0 aromatic carbocycles. The summed E-state index contributed by atoms with van der Waals surface area (Å²) in [6.45, 7) is 2.29. The van der Waals surface area contributed by atoms with Crippen LogP contribution in [0, 0.1) is 35.0 Å². The van der Waals surface area contributed by atoms with Crippen molar-refractivity contribution in [1.82, 2.24) is 0 Å². The number of hydrogen-bond donors (Lipinski definition) is 0. The van der Waals surface area contributed by atoms with Crippen LogP contribution in [0.2, 0.25) is 0 Å². The minimum absolute atomic E-state index is 0.366. The first kappa shape index (κ1) is 21.5. The zero-order chi connectivity index (χ0) is 18.5. The van der Waals surface area contributed by atoms with Crippen molar-refractivity contribution >= 4 is 0 Å². The summed E-state index contributed by atoms with van der Waals surface area (Å²) < 4.78 is 0. The largest absolute Gasteiger partial charge is 0.198 e. The molecular weight excluding hydrogens is 314 g/mol. The minimum atomic E-state index is 0.366. The molecule has 1 nitrogen and oxygen atoms in total. The van der Waals surface area contributed by atoms with Crippen LogP contribution in [-0.4, -0.2) is 0 Å². The summed E-state index contributed by atoms with van der Waals surface area (Å²) in [4.78, 5) is 0. The molecule has 0 spiro atoms. The van der Waals surface area contributed by atoms with E-state index in [-0.39, 0.29) is 0 Å². The topological polar surface area (TPSA) is 23.8 Å². The lowest BCUT2D eigenvalue weighted by Gasteiger charge is -2.30. The van der Waals surface area contributed by atoms with Crippen LogP contribution in [0.4, 0.5) is 0 Å². The molecule has 0 saturated heterocycles. The molecule has 0 N–H and O–H groups in total. The maximum atomic E-state index is 9.02. The Labute approximate surface area is 163 Å². The van der Waals surface area contributed by atoms with Crippen LogP contribution in [0.5, 0.6) is 0 Å². The standard InChI is InChI=1S/C25H43N/c1-2-3-4-5-6-7-8-9-10-22-11-13-23(14-12-22)15-16-24-17-19-25(21-26)20-18-24/h9-10,22-25H,2-8,11-20H2,1H3/b10-9+/t22-,23-,24?,25?. The maximum absolute atomic E-state index is 9.02. The quantitative estimate of drug-likeness (QED) is 0.270. The Morgan fingerprint density at radius 1 is 0.769 bits per heavy atom. The van der Waals surface area contributed by atoms with Gasteiger partial charge in [-0.15, -0.1) is 0 Å². The first-order valence-electron chi connectivity index (χ1n) is 11.9. The summed E-state index contributed by atoms with van der Waals surface area (Å²) in [5.74, 6) is 3.16. The van der Waals surface area contributed by atoms with E-state index in [2.05, 4.69) is 25.1 Å². The van der Waals surface area contributed by atoms with E-state index in [0.29, 0.717) is 5.92 Å². The van der Waals surface area contributed by atoms with Crippen LogP contribution in [0.15, 0.2) is 12.2 Å². The second-order valence-corrected chi connectivity index (χ2v) is 9.19. The monoisotopic (exact) mass is 357 g/mol. The average molecular weight is 358 g/mol. The second kappa shape index (κ2) is 13.4. The van der Waals surface area contributed by atoms with E-state index in [1.807, 2.05) is 0 Å². The molecule has 2 aliphatic rings. The van der Waals surface area contributed by atoms with Gasteiger partial charge < -0.3 is 0 Å². The highest BCUT2D eigenvalue weighted by Gasteiger charge is 2.23. The van der Waals surface area contributed by atoms with Crippen molar-refractivity contribution in [2.45, 2.75) is 116 Å². The Bertz CT molecular complexity index is 402. The highest BCUT2D eigenvalue weighted by atomic mass is 14.3. The fraction of sp³-hybridized carbons (Fsp3) is 0.880. The molecule has 1 heteroatoms. The van der Waals surface area contributed by atoms with Gasteiger partial charge in [0.15, 0.2) is 0 Å². The number of hydrogen-bond acceptors (Lipinski definition) is 1. The fourth-order valence-corrected chi connectivity index (χ4v) is 5.05. The van der Waals surface area contributed by atoms with Crippen molar-refractivity contribution < 1.29 is 0 Å². The third kappa shape index (κ3) is 8.75. The van der Waals surface area contributed by atoms with E-state index in [1.165, 1.54) is 96.3 Å². The Kier molecular flexibility index (Phi) is 11.1. The third-order valence-electron chi connectivity index (χ3n) is 7.04. The second-order valence-electron chi connectivity index (χ2n) is 9.19. The predicted molar refractivity (Wildman–Crippen MR) is 113 cm³/mol. The summed E-state index contributed by atoms with van der Waals surface area (Å²) in [6.07, 6.45) is 28.4. The van der Waals surface area contributed by atoms with E-state index in [9.17, 15) is 0 Å². The van der Waals surface area contributed by atoms with Gasteiger partial charge in [0.05, 0.1) is 6.07 Å². The normalized spacial score (nSPS) is 29.7. The molecule has 0 aromatic rings. The lowest BCUT2D eigenvalue weighted by molar-refractivity contribution is 0.242. The molecule has 26 heavy (non-hydrogen) atoms. The predicted octanol–water partition coefficient (Wildman–Crippen LogP) is 8.21. The van der Waals surface area contributed by atoms with E-state index >= 15 is 0 Å². The SMILES string of the molecule is CCCCCCCC/C=C/[C@H]1CC[C@H](CCC2CCC(C#N)CC2)CC1. The Morgan fingerprint density at radius 3 is 1.96 bits per heavy atom. The molecule has 0 bridgehead atoms. The lowest BCUT2D eigenvalue weighted by Crippen LogP contribution is -2.17. The third-order valence-corrected chi connectivity index (χ3v) is 7.04. The van der Waals surface area contributed by atoms with Crippen molar-refractivity contribution in [1.29, 1.82) is 5.26 Å². The molecule has 0 aromatic heterocycles. The molecule has 2 rings (SSSR count). The minimum Gasteiger partial charge on any atom is -0.198 e. The molecule has 2 fully saturated rings. The van der Waals surface area contributed by atoms with Crippen molar-refractivity contribution in [2.24, 2.45) is 23.7 Å². The van der Waals surface area contributed by atoms with Crippen LogP contribution in [0.1, 0.15) is 116 Å². The summed E-state index contributed by atoms with van der Waals surface area (Å²) in [6, 6.07) is 2.46. The van der Waals surface area contributed by atoms with Gasteiger partial charge in [-0.3, -0.25) is 0 Å². The number of unbranched alkanes of at least 4 members (excludes halogenated alkanes) is 6. The zero-order valence-electron chi connectivity index (χ0n) is 17.4. The molecule has 2 aliphatic carbocycles. The van der Waals surface area contributed by atoms with Crippen LogP contribution in [0.25, 0.3) is 0 Å². The molecule has 148 valence electrons. The van der Waals surface area contributed by atoms with Crippen molar-refractivity contribution in [3.05, 3.63) is 12.2 Å². The van der Waals surface area contributed by atoms with Crippen molar-refractivity contribution in [3.8, 4) is 6.07 Å². The zero-order valence-corrected chi connectivity index (χ0v) is 17.4. The van der Waals surface area contributed by atoms with E-state index in [0.717, 1.165) is 30.6 Å². The molecule has 0 unspecified atom stereocenters. The van der Waals surface area contributed by atoms with Gasteiger partial charge in [0, 0.05) is 5.92 Å². The molecule has 0 radical (unpaired) electrons. The highest BCUT2D eigenvalue weighted by Crippen LogP contribution is 2.36. The first-order chi connectivity index (χ1) is 12.8. The number of allylic oxidation sites excluding steroid dienone is 2. The van der Waals surface area contributed by atoms with Crippen LogP contribution >= 0.6 is 0 Å². The maximum Gasteiger partial charge on any atom is 0.0655 e. The van der Waals surface area contributed by atoms with Crippen LogP contribution in [0.3, 0.4) is 0 Å². The van der Waals surface area contributed by atoms with Gasteiger partial charge in [-0.25, -0.2) is 0 Å². The molecule has 0 atom stereocenters. The molecular formula is C25H43N. The van der Waals surface area contributed by atoms with Gasteiger partial charge >= 0.3 is 0 Å². The van der Waals surface area contributed by atoms with Gasteiger partial charge in [-0.2, -0.15) is 5.26 Å². The Hall–Kier alpha value is -0.770. The Balaban J connectivity index is 1.47. The first-order valence-corrected chi connectivity index (χ1v) is 11.9. The Morgan fingerprint density at radius 2 is 1.35 bits per heavy atom. The molecule has 0 heterocycles. The molecule has 0 aliphatic heterocycles. The summed E-state index contributed by atoms with van der Waals surface area (Å²) in [5, 5.41) is 9.02. The van der Waals surface area contributed by atoms with E-state index in [1.54, 1.807) is 0 Å². The number of rotatable bonds is 11. The van der Waals surface area contributed by atoms with Gasteiger partial charge in [0.1, 0.15) is 0 Å². The molecule has 2 saturated carbocycles. The smallest absolute Gasteiger partial charge is 0.0655 e. The van der Waals surface area contributed by atoms with Gasteiger partial charge in [0.25, 0.3) is 0 Å². The number of nitriles is 1. The van der Waals surface area contributed by atoms with Gasteiger partial charge in [0.2, 0.25) is 0 Å². The lowest BCUT2D eigenvalue weighted by atomic mass is 9.76. The summed E-state index contributed by atoms with van der Waals surface area (Å²) in [7, 11) is 0. The van der Waals surface area contributed by atoms with Gasteiger partial charge in [-0.1, -0.05) is 64.0 Å². The van der Waals surface area contributed by atoms with Crippen LogP contribution in [-0.2, 0) is 0 Å². The number of nitrogens with zero attached hydrogens (tertiary/aromatic N) is 1. The van der Waals surface area contributed by atoms with Crippen molar-refractivity contribution in [2.75, 3.05) is 0 Å².